The third-order valence-electron chi connectivity index (χ3n) is 2.66. The molecule has 0 aliphatic carbocycles. The largest absolute Gasteiger partial charge is 0.369 e. The van der Waals surface area contributed by atoms with Crippen LogP contribution >= 0.6 is 0 Å². The molecule has 16 heavy (non-hydrogen) atoms. The number of hydrogen-bond donors (Lipinski definition) is 1. The van der Waals surface area contributed by atoms with E-state index in [4.69, 9.17) is 4.74 Å². The highest BCUT2D eigenvalue weighted by molar-refractivity contribution is 4.91. The molecule has 1 N–H and O–H groups in total. The number of ether oxygens (including phenoxy) is 1. The van der Waals surface area contributed by atoms with E-state index < -0.39 is 6.55 Å². The average molecular weight is 231 g/mol. The van der Waals surface area contributed by atoms with Crippen molar-refractivity contribution in [3.8, 4) is 0 Å². The molecule has 2 heterocycles. The number of aromatic nitrogens is 2. The molecule has 1 unspecified atom stereocenters. The molecule has 1 saturated heterocycles. The highest BCUT2D eigenvalue weighted by Crippen LogP contribution is 2.14. The average Bonchev–Trinajstić information content (AvgIpc) is 2.76. The molecule has 1 aliphatic heterocycles. The Hall–Kier alpha value is -1.01. The molecule has 1 aromatic rings. The predicted molar refractivity (Wildman–Crippen MR) is 54.2 cm³/mol. The lowest BCUT2D eigenvalue weighted by Gasteiger charge is -2.22. The molecule has 1 fully saturated rings. The maximum absolute atomic E-state index is 12.5. The van der Waals surface area contributed by atoms with Crippen molar-refractivity contribution in [1.82, 2.24) is 14.9 Å². The first kappa shape index (κ1) is 11.5. The van der Waals surface area contributed by atoms with Gasteiger partial charge in [0.15, 0.2) is 0 Å². The number of hydrogen-bond acceptors (Lipinski definition) is 3. The van der Waals surface area contributed by atoms with Gasteiger partial charge in [-0.3, -0.25) is 4.57 Å². The number of nitrogens with zero attached hydrogens (tertiary/aromatic N) is 2. The van der Waals surface area contributed by atoms with E-state index in [1.165, 1.54) is 12.4 Å². The number of nitrogens with one attached hydrogen (secondary N) is 1. The van der Waals surface area contributed by atoms with E-state index in [1.54, 1.807) is 0 Å². The first-order valence-electron chi connectivity index (χ1n) is 5.39. The first-order valence-corrected chi connectivity index (χ1v) is 5.39. The van der Waals surface area contributed by atoms with E-state index in [1.807, 2.05) is 0 Å². The van der Waals surface area contributed by atoms with Crippen LogP contribution in [0.4, 0.5) is 8.78 Å². The SMILES string of the molecule is FC(F)n1ccnc1COC1CCCNC1. The van der Waals surface area contributed by atoms with Gasteiger partial charge in [0, 0.05) is 18.9 Å². The van der Waals surface area contributed by atoms with Gasteiger partial charge in [-0.25, -0.2) is 4.98 Å². The molecule has 0 spiro atoms. The van der Waals surface area contributed by atoms with Crippen LogP contribution in [0.3, 0.4) is 0 Å². The summed E-state index contributed by atoms with van der Waals surface area (Å²) in [6, 6.07) is 0. The monoisotopic (exact) mass is 231 g/mol. The molecule has 1 aromatic heterocycles. The van der Waals surface area contributed by atoms with Crippen LogP contribution in [0.25, 0.3) is 0 Å². The lowest BCUT2D eigenvalue weighted by Crippen LogP contribution is -2.35. The van der Waals surface area contributed by atoms with Gasteiger partial charge in [0.1, 0.15) is 12.4 Å². The van der Waals surface area contributed by atoms with Crippen molar-refractivity contribution in [1.29, 1.82) is 0 Å². The zero-order valence-corrected chi connectivity index (χ0v) is 8.90. The van der Waals surface area contributed by atoms with Gasteiger partial charge in [-0.05, 0) is 19.4 Å². The van der Waals surface area contributed by atoms with E-state index in [0.717, 1.165) is 30.5 Å². The fraction of sp³-hybridized carbons (Fsp3) is 0.700. The Bertz CT molecular complexity index is 324. The summed E-state index contributed by atoms with van der Waals surface area (Å²) in [6.07, 6.45) is 4.78. The Morgan fingerprint density at radius 2 is 2.50 bits per heavy atom. The quantitative estimate of drug-likeness (QED) is 0.854. The Balaban J connectivity index is 1.86. The Labute approximate surface area is 92.6 Å². The maximum Gasteiger partial charge on any atom is 0.320 e. The van der Waals surface area contributed by atoms with Crippen LogP contribution in [-0.2, 0) is 11.3 Å². The van der Waals surface area contributed by atoms with Crippen molar-refractivity contribution in [2.75, 3.05) is 13.1 Å². The second-order valence-corrected chi connectivity index (χ2v) is 3.81. The van der Waals surface area contributed by atoms with Gasteiger partial charge >= 0.3 is 6.55 Å². The van der Waals surface area contributed by atoms with Crippen molar-refractivity contribution in [3.63, 3.8) is 0 Å². The van der Waals surface area contributed by atoms with Gasteiger partial charge in [-0.2, -0.15) is 8.78 Å². The van der Waals surface area contributed by atoms with Crippen LogP contribution in [0, 0.1) is 0 Å². The molecule has 0 amide bonds. The third-order valence-corrected chi connectivity index (χ3v) is 2.66. The van der Waals surface area contributed by atoms with Gasteiger partial charge in [0.05, 0.1) is 6.10 Å². The zero-order valence-electron chi connectivity index (χ0n) is 8.90. The number of imidazole rings is 1. The second kappa shape index (κ2) is 5.36. The highest BCUT2D eigenvalue weighted by atomic mass is 19.3. The number of alkyl halides is 2. The second-order valence-electron chi connectivity index (χ2n) is 3.81. The van der Waals surface area contributed by atoms with E-state index >= 15 is 0 Å². The van der Waals surface area contributed by atoms with Crippen molar-refractivity contribution >= 4 is 0 Å². The van der Waals surface area contributed by atoms with Crippen molar-refractivity contribution in [3.05, 3.63) is 18.2 Å². The lowest BCUT2D eigenvalue weighted by atomic mass is 10.1. The summed E-state index contributed by atoms with van der Waals surface area (Å²) in [6.45, 7) is -0.615. The van der Waals surface area contributed by atoms with Crippen molar-refractivity contribution < 1.29 is 13.5 Å². The number of rotatable bonds is 4. The molecular formula is C10H15F2N3O. The zero-order chi connectivity index (χ0) is 11.4. The van der Waals surface area contributed by atoms with Crippen LogP contribution < -0.4 is 5.32 Å². The van der Waals surface area contributed by atoms with Crippen molar-refractivity contribution in [2.45, 2.75) is 32.1 Å². The van der Waals surface area contributed by atoms with Gasteiger partial charge in [-0.1, -0.05) is 0 Å². The molecule has 0 saturated carbocycles. The van der Waals surface area contributed by atoms with Crippen LogP contribution in [0.5, 0.6) is 0 Å². The molecule has 90 valence electrons. The molecule has 4 nitrogen and oxygen atoms in total. The van der Waals surface area contributed by atoms with E-state index in [2.05, 4.69) is 10.3 Å². The van der Waals surface area contributed by atoms with Crippen LogP contribution in [0.15, 0.2) is 12.4 Å². The molecule has 0 radical (unpaired) electrons. The Morgan fingerprint density at radius 3 is 3.19 bits per heavy atom. The summed E-state index contributed by atoms with van der Waals surface area (Å²) in [5.41, 5.74) is 0. The maximum atomic E-state index is 12.5. The number of halogens is 2. The minimum absolute atomic E-state index is 0.108. The minimum atomic E-state index is -2.55. The fourth-order valence-corrected chi connectivity index (χ4v) is 1.79. The summed E-state index contributed by atoms with van der Waals surface area (Å²) in [4.78, 5) is 3.86. The molecule has 1 atom stereocenters. The highest BCUT2D eigenvalue weighted by Gasteiger charge is 2.16. The summed E-state index contributed by atoms with van der Waals surface area (Å²) in [5.74, 6) is 0.278. The van der Waals surface area contributed by atoms with Gasteiger partial charge in [0.25, 0.3) is 0 Å². The molecule has 0 aromatic carbocycles. The van der Waals surface area contributed by atoms with Crippen molar-refractivity contribution in [2.24, 2.45) is 0 Å². The number of piperidine rings is 1. The summed E-state index contributed by atoms with van der Waals surface area (Å²) in [7, 11) is 0. The van der Waals surface area contributed by atoms with Crippen LogP contribution in [0.1, 0.15) is 25.2 Å². The Morgan fingerprint density at radius 1 is 1.62 bits per heavy atom. The van der Waals surface area contributed by atoms with E-state index in [-0.39, 0.29) is 18.5 Å². The summed E-state index contributed by atoms with van der Waals surface area (Å²) in [5, 5.41) is 3.20. The standard InChI is InChI=1S/C10H15F2N3O/c11-10(12)15-5-4-14-9(15)7-16-8-2-1-3-13-6-8/h4-5,8,10,13H,1-3,6-7H2. The van der Waals surface area contributed by atoms with E-state index in [9.17, 15) is 8.78 Å². The van der Waals surface area contributed by atoms with Crippen LogP contribution in [0.2, 0.25) is 0 Å². The van der Waals surface area contributed by atoms with E-state index in [0.29, 0.717) is 0 Å². The lowest BCUT2D eigenvalue weighted by molar-refractivity contribution is 0.00926. The normalized spacial score (nSPS) is 21.6. The van der Waals surface area contributed by atoms with Gasteiger partial charge in [0.2, 0.25) is 0 Å². The third kappa shape index (κ3) is 2.76. The molecular weight excluding hydrogens is 216 g/mol. The van der Waals surface area contributed by atoms with Gasteiger partial charge in [-0.15, -0.1) is 0 Å². The predicted octanol–water partition coefficient (Wildman–Crippen LogP) is 1.55. The Kier molecular flexibility index (Phi) is 3.84. The fourth-order valence-electron chi connectivity index (χ4n) is 1.79. The topological polar surface area (TPSA) is 39.1 Å². The minimum Gasteiger partial charge on any atom is -0.369 e. The molecule has 0 bridgehead atoms. The van der Waals surface area contributed by atoms with Crippen LogP contribution in [-0.4, -0.2) is 28.7 Å². The molecule has 6 heteroatoms. The smallest absolute Gasteiger partial charge is 0.320 e. The summed E-state index contributed by atoms with van der Waals surface area (Å²) >= 11 is 0. The molecule has 2 rings (SSSR count). The van der Waals surface area contributed by atoms with Gasteiger partial charge < -0.3 is 10.1 Å². The first-order chi connectivity index (χ1) is 7.77. The molecule has 1 aliphatic rings. The summed E-state index contributed by atoms with van der Waals surface area (Å²) < 4.78 is 31.3.